The maximum absolute atomic E-state index is 11.8. The Hall–Kier alpha value is -1.65. The van der Waals surface area contributed by atoms with Gasteiger partial charge in [0.05, 0.1) is 0 Å². The van der Waals surface area contributed by atoms with E-state index >= 15 is 0 Å². The Bertz CT molecular complexity index is 651. The van der Waals surface area contributed by atoms with Crippen LogP contribution >= 0.6 is 15.9 Å². The minimum atomic E-state index is -0.797. The number of hydrogen-bond acceptors (Lipinski definition) is 2. The lowest BCUT2D eigenvalue weighted by molar-refractivity contribution is -0.151. The molecule has 2 aromatic carbocycles. The molecule has 1 saturated heterocycles. The number of benzene rings is 2. The first kappa shape index (κ1) is 14.3. The van der Waals surface area contributed by atoms with Crippen LogP contribution in [0.1, 0.15) is 11.1 Å². The van der Waals surface area contributed by atoms with Crippen LogP contribution in [0.5, 0.6) is 0 Å². The summed E-state index contributed by atoms with van der Waals surface area (Å²) < 4.78 is 0.867. The summed E-state index contributed by atoms with van der Waals surface area (Å²) in [4.78, 5) is 14.0. The van der Waals surface area contributed by atoms with Crippen LogP contribution in [0.2, 0.25) is 0 Å². The van der Waals surface area contributed by atoms with Crippen molar-refractivity contribution < 1.29 is 9.90 Å². The van der Waals surface area contributed by atoms with Gasteiger partial charge in [-0.25, -0.2) is 0 Å². The van der Waals surface area contributed by atoms with Crippen molar-refractivity contribution in [3.8, 4) is 0 Å². The molecule has 0 bridgehead atoms. The largest absolute Gasteiger partial charge is 0.481 e. The van der Waals surface area contributed by atoms with Gasteiger partial charge in [0.15, 0.2) is 0 Å². The smallest absolute Gasteiger partial charge is 0.316 e. The fourth-order valence-corrected chi connectivity index (χ4v) is 3.60. The molecular formula is C17H16BrNO2. The summed E-state index contributed by atoms with van der Waals surface area (Å²) in [5.41, 5.74) is 1.28. The number of nitrogens with zero attached hydrogens (tertiary/aromatic N) is 1. The molecule has 0 radical (unpaired) electrons. The van der Waals surface area contributed by atoms with E-state index in [9.17, 15) is 9.90 Å². The Morgan fingerprint density at radius 2 is 1.71 bits per heavy atom. The lowest BCUT2D eigenvalue weighted by Gasteiger charge is -2.48. The molecule has 1 aliphatic heterocycles. The highest BCUT2D eigenvalue weighted by atomic mass is 79.9. The van der Waals surface area contributed by atoms with E-state index in [1.54, 1.807) is 0 Å². The molecular weight excluding hydrogens is 330 g/mol. The summed E-state index contributed by atoms with van der Waals surface area (Å²) in [5, 5.41) is 9.70. The average molecular weight is 346 g/mol. The summed E-state index contributed by atoms with van der Waals surface area (Å²) in [5.74, 6) is -0.751. The van der Waals surface area contributed by atoms with Crippen LogP contribution in [0, 0.1) is 0 Å². The second kappa shape index (κ2) is 5.62. The average Bonchev–Trinajstić information content (AvgIpc) is 2.44. The Balaban J connectivity index is 1.79. The minimum absolute atomic E-state index is 0.542. The summed E-state index contributed by atoms with van der Waals surface area (Å²) in [6.07, 6.45) is 0. The van der Waals surface area contributed by atoms with E-state index in [-0.39, 0.29) is 0 Å². The molecule has 0 aromatic heterocycles. The minimum Gasteiger partial charge on any atom is -0.481 e. The second-order valence-corrected chi connectivity index (χ2v) is 6.35. The third-order valence-corrected chi connectivity index (χ3v) is 4.73. The van der Waals surface area contributed by atoms with E-state index in [1.807, 2.05) is 42.5 Å². The van der Waals surface area contributed by atoms with Gasteiger partial charge in [0, 0.05) is 24.1 Å². The number of carboxylic acids is 1. The number of aliphatic carboxylic acids is 1. The van der Waals surface area contributed by atoms with Crippen molar-refractivity contribution in [2.24, 2.45) is 0 Å². The summed E-state index contributed by atoms with van der Waals surface area (Å²) in [7, 11) is 0. The van der Waals surface area contributed by atoms with Gasteiger partial charge in [-0.3, -0.25) is 9.69 Å². The van der Waals surface area contributed by atoms with Gasteiger partial charge in [0.1, 0.15) is 5.41 Å². The third-order valence-electron chi connectivity index (χ3n) is 4.03. The third kappa shape index (κ3) is 2.61. The van der Waals surface area contributed by atoms with Crippen LogP contribution in [-0.2, 0) is 16.8 Å². The fourth-order valence-electron chi connectivity index (χ4n) is 2.94. The van der Waals surface area contributed by atoms with Crippen molar-refractivity contribution in [1.29, 1.82) is 0 Å². The number of halogens is 1. The molecule has 21 heavy (non-hydrogen) atoms. The Labute approximate surface area is 132 Å². The van der Waals surface area contributed by atoms with Crippen LogP contribution in [0.4, 0.5) is 0 Å². The summed E-state index contributed by atoms with van der Waals surface area (Å²) in [6.45, 7) is 1.88. The van der Waals surface area contributed by atoms with Crippen molar-refractivity contribution in [3.63, 3.8) is 0 Å². The molecule has 108 valence electrons. The number of likely N-dealkylation sites (tertiary alicyclic amines) is 1. The Kier molecular flexibility index (Phi) is 3.83. The molecule has 4 heteroatoms. The molecule has 3 rings (SSSR count). The number of rotatable bonds is 4. The van der Waals surface area contributed by atoms with Gasteiger partial charge in [0.2, 0.25) is 0 Å². The van der Waals surface area contributed by atoms with Crippen molar-refractivity contribution in [2.75, 3.05) is 13.1 Å². The van der Waals surface area contributed by atoms with Gasteiger partial charge in [0.25, 0.3) is 0 Å². The molecule has 0 amide bonds. The summed E-state index contributed by atoms with van der Waals surface area (Å²) in [6, 6.07) is 17.7. The SMILES string of the molecule is O=C(O)C1(c2ccccc2Br)CN(Cc2ccccc2)C1. The number of carboxylic acid groups (broad SMARTS) is 1. The zero-order chi connectivity index (χ0) is 14.9. The van der Waals surface area contributed by atoms with Gasteiger partial charge in [-0.05, 0) is 17.2 Å². The van der Waals surface area contributed by atoms with E-state index in [4.69, 9.17) is 0 Å². The highest BCUT2D eigenvalue weighted by Gasteiger charge is 2.51. The molecule has 0 spiro atoms. The zero-order valence-electron chi connectivity index (χ0n) is 11.5. The number of carbonyl (C=O) groups is 1. The Morgan fingerprint density at radius 3 is 2.33 bits per heavy atom. The van der Waals surface area contributed by atoms with Gasteiger partial charge in [-0.15, -0.1) is 0 Å². The van der Waals surface area contributed by atoms with Gasteiger partial charge in [-0.1, -0.05) is 64.5 Å². The maximum atomic E-state index is 11.8. The van der Waals surface area contributed by atoms with Crippen molar-refractivity contribution >= 4 is 21.9 Å². The van der Waals surface area contributed by atoms with Crippen molar-refractivity contribution in [2.45, 2.75) is 12.0 Å². The highest BCUT2D eigenvalue weighted by molar-refractivity contribution is 9.10. The lowest BCUT2D eigenvalue weighted by Crippen LogP contribution is -2.63. The molecule has 1 aliphatic rings. The van der Waals surface area contributed by atoms with E-state index in [0.29, 0.717) is 13.1 Å². The molecule has 1 heterocycles. The van der Waals surface area contributed by atoms with Crippen LogP contribution in [0.3, 0.4) is 0 Å². The molecule has 0 aliphatic carbocycles. The molecule has 3 nitrogen and oxygen atoms in total. The lowest BCUT2D eigenvalue weighted by atomic mass is 9.73. The van der Waals surface area contributed by atoms with Gasteiger partial charge >= 0.3 is 5.97 Å². The summed E-state index contributed by atoms with van der Waals surface area (Å²) >= 11 is 3.48. The van der Waals surface area contributed by atoms with E-state index in [2.05, 4.69) is 33.0 Å². The van der Waals surface area contributed by atoms with Gasteiger partial charge in [-0.2, -0.15) is 0 Å². The Morgan fingerprint density at radius 1 is 1.10 bits per heavy atom. The molecule has 0 unspecified atom stereocenters. The van der Waals surface area contributed by atoms with Crippen molar-refractivity contribution in [1.82, 2.24) is 4.90 Å². The molecule has 0 atom stereocenters. The van der Waals surface area contributed by atoms with E-state index in [1.165, 1.54) is 5.56 Å². The van der Waals surface area contributed by atoms with E-state index in [0.717, 1.165) is 16.6 Å². The maximum Gasteiger partial charge on any atom is 0.316 e. The van der Waals surface area contributed by atoms with Crippen LogP contribution in [0.25, 0.3) is 0 Å². The number of hydrogen-bond donors (Lipinski definition) is 1. The second-order valence-electron chi connectivity index (χ2n) is 5.50. The monoisotopic (exact) mass is 345 g/mol. The zero-order valence-corrected chi connectivity index (χ0v) is 13.1. The van der Waals surface area contributed by atoms with Crippen LogP contribution in [-0.4, -0.2) is 29.1 Å². The molecule has 0 saturated carbocycles. The first-order chi connectivity index (χ1) is 10.1. The normalized spacial score (nSPS) is 17.2. The predicted molar refractivity (Wildman–Crippen MR) is 85.2 cm³/mol. The predicted octanol–water partition coefficient (Wildman–Crippen LogP) is 3.29. The highest BCUT2D eigenvalue weighted by Crippen LogP contribution is 2.39. The molecule has 1 N–H and O–H groups in total. The van der Waals surface area contributed by atoms with E-state index < -0.39 is 11.4 Å². The van der Waals surface area contributed by atoms with Gasteiger partial charge < -0.3 is 5.11 Å². The topological polar surface area (TPSA) is 40.5 Å². The van der Waals surface area contributed by atoms with Crippen LogP contribution < -0.4 is 0 Å². The van der Waals surface area contributed by atoms with Crippen molar-refractivity contribution in [3.05, 3.63) is 70.2 Å². The quantitative estimate of drug-likeness (QED) is 0.924. The first-order valence-corrected chi connectivity index (χ1v) is 7.66. The van der Waals surface area contributed by atoms with Crippen LogP contribution in [0.15, 0.2) is 59.1 Å². The first-order valence-electron chi connectivity index (χ1n) is 6.86. The standard InChI is InChI=1S/C17H16BrNO2/c18-15-9-5-4-8-14(15)17(16(20)21)11-19(12-17)10-13-6-2-1-3-7-13/h1-9H,10-12H2,(H,20,21). The molecule has 1 fully saturated rings. The fraction of sp³-hybridized carbons (Fsp3) is 0.235. The molecule has 2 aromatic rings.